The third-order valence-electron chi connectivity index (χ3n) is 2.96. The molecule has 0 radical (unpaired) electrons. The number of aryl methyl sites for hydroxylation is 1. The minimum atomic E-state index is 0.205. The predicted molar refractivity (Wildman–Crippen MR) is 76.8 cm³/mol. The summed E-state index contributed by atoms with van der Waals surface area (Å²) in [6, 6.07) is 21.1. The normalized spacial score (nSPS) is 10.5. The van der Waals surface area contributed by atoms with Crippen molar-refractivity contribution in [2.24, 2.45) is 0 Å². The second-order valence-corrected chi connectivity index (χ2v) is 5.83. The van der Waals surface area contributed by atoms with Crippen LogP contribution in [0.2, 0.25) is 0 Å². The van der Waals surface area contributed by atoms with Gasteiger partial charge in [-0.25, -0.2) is 0 Å². The Kier molecular flexibility index (Phi) is 3.14. The Hall–Kier alpha value is -1.63. The van der Waals surface area contributed by atoms with E-state index in [-0.39, 0.29) is 14.7 Å². The average Bonchev–Trinajstić information content (AvgIpc) is 2.83. The van der Waals surface area contributed by atoms with Gasteiger partial charge in [0, 0.05) is 0 Å². The molecule has 0 fully saturated rings. The second kappa shape index (κ2) is 4.93. The Morgan fingerprint density at radius 1 is 0.778 bits per heavy atom. The first-order valence-electron chi connectivity index (χ1n) is 5.93. The molecule has 0 unspecified atom stereocenters. The van der Waals surface area contributed by atoms with Crippen molar-refractivity contribution < 1.29 is 0 Å². The third-order valence-corrected chi connectivity index (χ3v) is 5.03. The van der Waals surface area contributed by atoms with E-state index in [9.17, 15) is 0 Å². The van der Waals surface area contributed by atoms with Crippen LogP contribution in [-0.4, -0.2) is 18.7 Å². The molecule has 1 aromatic heterocycles. The molecule has 0 aliphatic heterocycles. The van der Waals surface area contributed by atoms with Crippen LogP contribution in [0.3, 0.4) is 0 Å². The maximum atomic E-state index is 4.66. The van der Waals surface area contributed by atoms with Crippen molar-refractivity contribution in [1.29, 1.82) is 0 Å². The molecule has 0 saturated heterocycles. The molecule has 0 atom stereocenters. The first-order valence-corrected chi connectivity index (χ1v) is 7.55. The Morgan fingerprint density at radius 3 is 1.94 bits per heavy atom. The topological polar surface area (TPSA) is 12.9 Å². The van der Waals surface area contributed by atoms with Crippen LogP contribution >= 0.6 is 0 Å². The van der Waals surface area contributed by atoms with Crippen molar-refractivity contribution in [2.45, 2.75) is 6.92 Å². The van der Waals surface area contributed by atoms with Crippen LogP contribution in [0, 0.1) is 6.92 Å². The molecule has 2 heteroatoms. The number of benzene rings is 2. The van der Waals surface area contributed by atoms with Gasteiger partial charge >= 0.3 is 113 Å². The standard InChI is InChI=1S/C16H13NSe/c1-12-15(13-8-4-2-5-9-13)16(18-17-12)14-10-6-3-7-11-14/h2-11H,1H3. The first-order chi connectivity index (χ1) is 8.86. The zero-order valence-electron chi connectivity index (χ0n) is 10.1. The van der Waals surface area contributed by atoms with E-state index in [1.165, 1.54) is 26.8 Å². The summed E-state index contributed by atoms with van der Waals surface area (Å²) in [6.07, 6.45) is 0. The molecule has 1 nitrogen and oxygen atoms in total. The van der Waals surface area contributed by atoms with E-state index in [4.69, 9.17) is 0 Å². The fraction of sp³-hybridized carbons (Fsp3) is 0.0625. The first kappa shape index (κ1) is 11.5. The van der Waals surface area contributed by atoms with Gasteiger partial charge < -0.3 is 0 Å². The third kappa shape index (κ3) is 2.05. The number of aromatic nitrogens is 1. The van der Waals surface area contributed by atoms with Gasteiger partial charge in [-0.15, -0.1) is 0 Å². The number of hydrogen-bond donors (Lipinski definition) is 0. The van der Waals surface area contributed by atoms with Crippen molar-refractivity contribution in [3.63, 3.8) is 0 Å². The molecule has 3 rings (SSSR count). The Bertz CT molecular complexity index is 641. The van der Waals surface area contributed by atoms with Crippen LogP contribution in [0.1, 0.15) is 5.69 Å². The van der Waals surface area contributed by atoms with E-state index < -0.39 is 0 Å². The molecular weight excluding hydrogens is 285 g/mol. The molecule has 88 valence electrons. The summed E-state index contributed by atoms with van der Waals surface area (Å²) in [7, 11) is 0. The second-order valence-electron chi connectivity index (χ2n) is 4.20. The van der Waals surface area contributed by atoms with Crippen LogP contribution in [0.5, 0.6) is 0 Å². The monoisotopic (exact) mass is 299 g/mol. The van der Waals surface area contributed by atoms with E-state index in [1.54, 1.807) is 0 Å². The van der Waals surface area contributed by atoms with Gasteiger partial charge in [-0.05, 0) is 0 Å². The molecule has 0 N–H and O–H groups in total. The van der Waals surface area contributed by atoms with Gasteiger partial charge in [0.25, 0.3) is 0 Å². The van der Waals surface area contributed by atoms with Gasteiger partial charge in [0.1, 0.15) is 0 Å². The van der Waals surface area contributed by atoms with Gasteiger partial charge in [-0.2, -0.15) is 0 Å². The molecule has 0 spiro atoms. The van der Waals surface area contributed by atoms with E-state index >= 15 is 0 Å². The van der Waals surface area contributed by atoms with Crippen molar-refractivity contribution in [3.05, 3.63) is 66.4 Å². The van der Waals surface area contributed by atoms with Gasteiger partial charge in [0.15, 0.2) is 0 Å². The number of nitrogens with zero attached hydrogens (tertiary/aromatic N) is 1. The summed E-state index contributed by atoms with van der Waals surface area (Å²) >= 11 is 0.205. The Balaban J connectivity index is 2.19. The molecule has 0 aliphatic carbocycles. The number of hydrogen-bond acceptors (Lipinski definition) is 1. The van der Waals surface area contributed by atoms with Crippen molar-refractivity contribution in [1.82, 2.24) is 3.98 Å². The van der Waals surface area contributed by atoms with E-state index in [0.29, 0.717) is 0 Å². The molecule has 2 aromatic carbocycles. The van der Waals surface area contributed by atoms with Gasteiger partial charge in [0.2, 0.25) is 0 Å². The zero-order valence-corrected chi connectivity index (χ0v) is 11.8. The Morgan fingerprint density at radius 2 is 1.33 bits per heavy atom. The molecular formula is C16H13NSe. The zero-order chi connectivity index (χ0) is 12.4. The van der Waals surface area contributed by atoms with E-state index in [2.05, 4.69) is 71.6 Å². The van der Waals surface area contributed by atoms with Crippen molar-refractivity contribution in [2.75, 3.05) is 0 Å². The molecule has 1 heterocycles. The van der Waals surface area contributed by atoms with E-state index in [1.807, 2.05) is 0 Å². The Labute approximate surface area is 113 Å². The molecule has 0 saturated carbocycles. The van der Waals surface area contributed by atoms with Gasteiger partial charge in [-0.1, -0.05) is 0 Å². The average molecular weight is 298 g/mol. The molecule has 18 heavy (non-hydrogen) atoms. The quantitative estimate of drug-likeness (QED) is 0.656. The van der Waals surface area contributed by atoms with Crippen molar-refractivity contribution in [3.8, 4) is 21.1 Å². The summed E-state index contributed by atoms with van der Waals surface area (Å²) in [5.41, 5.74) is 5.07. The van der Waals surface area contributed by atoms with Crippen LogP contribution in [0.15, 0.2) is 60.7 Å². The summed E-state index contributed by atoms with van der Waals surface area (Å²) in [6.45, 7) is 2.11. The fourth-order valence-electron chi connectivity index (χ4n) is 2.10. The molecule has 0 bridgehead atoms. The maximum absolute atomic E-state index is 4.66. The van der Waals surface area contributed by atoms with Crippen LogP contribution in [0.25, 0.3) is 21.1 Å². The molecule has 0 aliphatic rings. The fourth-order valence-corrected chi connectivity index (χ4v) is 4.03. The summed E-state index contributed by atoms with van der Waals surface area (Å²) in [5.74, 6) is 0. The SMILES string of the molecule is Cc1n[se]c(-c2ccccc2)c1-c1ccccc1. The summed E-state index contributed by atoms with van der Waals surface area (Å²) < 4.78 is 6.05. The van der Waals surface area contributed by atoms with Crippen LogP contribution in [-0.2, 0) is 0 Å². The minimum absolute atomic E-state index is 0.205. The summed E-state index contributed by atoms with van der Waals surface area (Å²) in [4.78, 5) is 0. The van der Waals surface area contributed by atoms with E-state index in [0.717, 1.165) is 0 Å². The number of rotatable bonds is 2. The van der Waals surface area contributed by atoms with Gasteiger partial charge in [-0.3, -0.25) is 0 Å². The molecule has 0 amide bonds. The van der Waals surface area contributed by atoms with Crippen LogP contribution in [0.4, 0.5) is 0 Å². The van der Waals surface area contributed by atoms with Crippen molar-refractivity contribution >= 4 is 14.7 Å². The summed E-state index contributed by atoms with van der Waals surface area (Å²) in [5, 5.41) is 0. The van der Waals surface area contributed by atoms with Gasteiger partial charge in [0.05, 0.1) is 0 Å². The molecule has 3 aromatic rings. The predicted octanol–water partition coefficient (Wildman–Crippen LogP) is 3.78. The van der Waals surface area contributed by atoms with Crippen LogP contribution < -0.4 is 0 Å².